The number of nitrogens with zero attached hydrogens (tertiary/aromatic N) is 1. The highest BCUT2D eigenvalue weighted by Gasteiger charge is 2.19. The molecule has 0 saturated heterocycles. The number of nitrogens with one attached hydrogen (secondary N) is 1. The van der Waals surface area contributed by atoms with E-state index in [0.29, 0.717) is 6.42 Å². The van der Waals surface area contributed by atoms with Crippen LogP contribution in [0.4, 0.5) is 4.79 Å². The van der Waals surface area contributed by atoms with Crippen molar-refractivity contribution in [1.82, 2.24) is 5.32 Å². The summed E-state index contributed by atoms with van der Waals surface area (Å²) < 4.78 is 10.2. The fraction of sp³-hybridized carbons (Fsp3) is 0.467. The minimum absolute atomic E-state index is 0.416. The molecule has 0 fully saturated rings. The van der Waals surface area contributed by atoms with Crippen LogP contribution in [0.25, 0.3) is 0 Å². The molecule has 1 atom stereocenters. The SMILES string of the molecule is COc1ccc(CC(C#N)NC(=O)OC(C)(C)C)cc1. The molecule has 1 aromatic carbocycles. The number of nitriles is 1. The third-order valence-electron chi connectivity index (χ3n) is 2.45. The summed E-state index contributed by atoms with van der Waals surface area (Å²) in [5.41, 5.74) is 0.359. The third kappa shape index (κ3) is 5.61. The van der Waals surface area contributed by atoms with E-state index in [0.717, 1.165) is 11.3 Å². The molecule has 0 bridgehead atoms. The zero-order valence-electron chi connectivity index (χ0n) is 12.3. The number of carbonyl (C=O) groups excluding carboxylic acids is 1. The molecule has 5 heteroatoms. The van der Waals surface area contributed by atoms with Crippen molar-refractivity contribution in [2.24, 2.45) is 0 Å². The molecule has 0 radical (unpaired) electrons. The number of hydrogen-bond acceptors (Lipinski definition) is 4. The second-order valence-corrected chi connectivity index (χ2v) is 5.38. The summed E-state index contributed by atoms with van der Waals surface area (Å²) in [7, 11) is 1.59. The first-order chi connectivity index (χ1) is 9.34. The minimum Gasteiger partial charge on any atom is -0.497 e. The van der Waals surface area contributed by atoms with Gasteiger partial charge in [0.1, 0.15) is 17.4 Å². The van der Waals surface area contributed by atoms with E-state index in [-0.39, 0.29) is 0 Å². The Morgan fingerprint density at radius 3 is 2.40 bits per heavy atom. The van der Waals surface area contributed by atoms with Gasteiger partial charge >= 0.3 is 6.09 Å². The second kappa shape index (κ2) is 6.80. The van der Waals surface area contributed by atoms with Gasteiger partial charge in [0, 0.05) is 6.42 Å². The van der Waals surface area contributed by atoms with Crippen LogP contribution in [0.2, 0.25) is 0 Å². The number of methoxy groups -OCH3 is 1. The van der Waals surface area contributed by atoms with Crippen LogP contribution in [0.5, 0.6) is 5.75 Å². The van der Waals surface area contributed by atoms with Gasteiger partial charge in [0.2, 0.25) is 0 Å². The molecule has 1 unspecified atom stereocenters. The van der Waals surface area contributed by atoms with Crippen LogP contribution in [0.3, 0.4) is 0 Å². The highest BCUT2D eigenvalue weighted by molar-refractivity contribution is 5.68. The molecule has 20 heavy (non-hydrogen) atoms. The summed E-state index contributed by atoms with van der Waals surface area (Å²) in [5, 5.41) is 11.6. The van der Waals surface area contributed by atoms with Crippen molar-refractivity contribution < 1.29 is 14.3 Å². The Morgan fingerprint density at radius 1 is 1.35 bits per heavy atom. The van der Waals surface area contributed by atoms with Crippen molar-refractivity contribution in [3.05, 3.63) is 29.8 Å². The molecule has 0 aliphatic rings. The summed E-state index contributed by atoms with van der Waals surface area (Å²) in [4.78, 5) is 11.6. The fourth-order valence-corrected chi connectivity index (χ4v) is 1.58. The van der Waals surface area contributed by atoms with Gasteiger partial charge in [-0.15, -0.1) is 0 Å². The average Bonchev–Trinajstić information content (AvgIpc) is 2.36. The van der Waals surface area contributed by atoms with Gasteiger partial charge < -0.3 is 14.8 Å². The zero-order valence-corrected chi connectivity index (χ0v) is 12.3. The van der Waals surface area contributed by atoms with Gasteiger partial charge in [-0.05, 0) is 38.5 Å². The maximum atomic E-state index is 11.6. The molecule has 1 N–H and O–H groups in total. The number of carbonyl (C=O) groups is 1. The summed E-state index contributed by atoms with van der Waals surface area (Å²) in [5.74, 6) is 0.752. The largest absolute Gasteiger partial charge is 0.497 e. The molecule has 1 amide bonds. The number of hydrogen-bond donors (Lipinski definition) is 1. The molecule has 0 aliphatic heterocycles. The molecule has 0 spiro atoms. The first-order valence-corrected chi connectivity index (χ1v) is 6.36. The summed E-state index contributed by atoms with van der Waals surface area (Å²) >= 11 is 0. The minimum atomic E-state index is -0.627. The van der Waals surface area contributed by atoms with Gasteiger partial charge in [0.25, 0.3) is 0 Å². The van der Waals surface area contributed by atoms with Crippen LogP contribution in [-0.4, -0.2) is 24.8 Å². The van der Waals surface area contributed by atoms with Gasteiger partial charge in [0.05, 0.1) is 13.2 Å². The van der Waals surface area contributed by atoms with Crippen LogP contribution in [0.15, 0.2) is 24.3 Å². The molecule has 5 nitrogen and oxygen atoms in total. The van der Waals surface area contributed by atoms with Crippen molar-refractivity contribution in [3.63, 3.8) is 0 Å². The number of rotatable bonds is 4. The standard InChI is InChI=1S/C15H20N2O3/c1-15(2,3)20-14(18)17-12(10-16)9-11-5-7-13(19-4)8-6-11/h5-8,12H,9H2,1-4H3,(H,17,18). The van der Waals surface area contributed by atoms with Crippen molar-refractivity contribution in [3.8, 4) is 11.8 Å². The molecule has 1 aromatic rings. The lowest BCUT2D eigenvalue weighted by Gasteiger charge is -2.21. The van der Waals surface area contributed by atoms with Gasteiger partial charge in [-0.25, -0.2) is 4.79 Å². The lowest BCUT2D eigenvalue weighted by Crippen LogP contribution is -2.39. The normalized spacial score (nSPS) is 12.2. The summed E-state index contributed by atoms with van der Waals surface area (Å²) in [6.07, 6.45) is -0.169. The van der Waals surface area contributed by atoms with Crippen LogP contribution < -0.4 is 10.1 Å². The smallest absolute Gasteiger partial charge is 0.408 e. The van der Waals surface area contributed by atoms with Crippen LogP contribution in [0.1, 0.15) is 26.3 Å². The highest BCUT2D eigenvalue weighted by atomic mass is 16.6. The van der Waals surface area contributed by atoms with Crippen LogP contribution >= 0.6 is 0 Å². The van der Waals surface area contributed by atoms with Crippen LogP contribution in [-0.2, 0) is 11.2 Å². The lowest BCUT2D eigenvalue weighted by molar-refractivity contribution is 0.0516. The zero-order chi connectivity index (χ0) is 15.2. The lowest BCUT2D eigenvalue weighted by atomic mass is 10.1. The Hall–Kier alpha value is -2.22. The van der Waals surface area contributed by atoms with E-state index < -0.39 is 17.7 Å². The average molecular weight is 276 g/mol. The summed E-state index contributed by atoms with van der Waals surface area (Å²) in [6.45, 7) is 5.33. The molecule has 0 heterocycles. The van der Waals surface area contributed by atoms with E-state index in [9.17, 15) is 4.79 Å². The van der Waals surface area contributed by atoms with E-state index >= 15 is 0 Å². The van der Waals surface area contributed by atoms with E-state index in [4.69, 9.17) is 14.7 Å². The first kappa shape index (κ1) is 15.8. The number of amides is 1. The predicted molar refractivity (Wildman–Crippen MR) is 75.5 cm³/mol. The number of ether oxygens (including phenoxy) is 2. The quantitative estimate of drug-likeness (QED) is 0.917. The Bertz CT molecular complexity index is 483. The van der Waals surface area contributed by atoms with Gasteiger partial charge in [0.15, 0.2) is 0 Å². The highest BCUT2D eigenvalue weighted by Crippen LogP contribution is 2.13. The molecule has 0 aromatic heterocycles. The summed E-state index contributed by atoms with van der Waals surface area (Å²) in [6, 6.07) is 8.78. The molecule has 108 valence electrons. The first-order valence-electron chi connectivity index (χ1n) is 6.36. The molecule has 1 rings (SSSR count). The van der Waals surface area contributed by atoms with Gasteiger partial charge in [-0.3, -0.25) is 0 Å². The molecule has 0 saturated carbocycles. The Balaban J connectivity index is 2.59. The number of benzene rings is 1. The van der Waals surface area contributed by atoms with E-state index in [1.807, 2.05) is 24.3 Å². The van der Waals surface area contributed by atoms with E-state index in [1.165, 1.54) is 0 Å². The van der Waals surface area contributed by atoms with Crippen molar-refractivity contribution in [2.75, 3.05) is 7.11 Å². The fourth-order valence-electron chi connectivity index (χ4n) is 1.58. The van der Waals surface area contributed by atoms with Crippen molar-refractivity contribution >= 4 is 6.09 Å². The molecule has 0 aliphatic carbocycles. The maximum Gasteiger partial charge on any atom is 0.408 e. The molecular formula is C15H20N2O3. The third-order valence-corrected chi connectivity index (χ3v) is 2.45. The number of alkyl carbamates (subject to hydrolysis) is 1. The monoisotopic (exact) mass is 276 g/mol. The Morgan fingerprint density at radius 2 is 1.95 bits per heavy atom. The van der Waals surface area contributed by atoms with Crippen molar-refractivity contribution in [1.29, 1.82) is 5.26 Å². The Labute approximate surface area is 119 Å². The molecular weight excluding hydrogens is 256 g/mol. The van der Waals surface area contributed by atoms with Gasteiger partial charge in [-0.2, -0.15) is 5.26 Å². The van der Waals surface area contributed by atoms with E-state index in [1.54, 1.807) is 27.9 Å². The predicted octanol–water partition coefficient (Wildman–Crippen LogP) is 2.65. The van der Waals surface area contributed by atoms with Gasteiger partial charge in [-0.1, -0.05) is 12.1 Å². The van der Waals surface area contributed by atoms with Crippen LogP contribution in [0, 0.1) is 11.3 Å². The van der Waals surface area contributed by atoms with E-state index in [2.05, 4.69) is 11.4 Å². The topological polar surface area (TPSA) is 71.3 Å². The Kier molecular flexibility index (Phi) is 5.39. The van der Waals surface area contributed by atoms with Crippen molar-refractivity contribution in [2.45, 2.75) is 38.8 Å². The maximum absolute atomic E-state index is 11.6. The second-order valence-electron chi connectivity index (χ2n) is 5.38.